The molecule has 0 saturated carbocycles. The minimum atomic E-state index is -4.52. The molecule has 0 saturated heterocycles. The summed E-state index contributed by atoms with van der Waals surface area (Å²) >= 11 is 0. The van der Waals surface area contributed by atoms with Crippen molar-refractivity contribution in [2.24, 2.45) is 0 Å². The van der Waals surface area contributed by atoms with Crippen molar-refractivity contribution in [1.29, 1.82) is 0 Å². The number of alkyl halides is 3. The molecule has 5 aromatic rings. The Morgan fingerprint density at radius 1 is 0.842 bits per heavy atom. The first-order valence-electron chi connectivity index (χ1n) is 11.8. The fraction of sp³-hybridized carbons (Fsp3) is 0.179. The number of halogens is 4. The molecule has 6 nitrogen and oxygen atoms in total. The quantitative estimate of drug-likeness (QED) is 0.214. The topological polar surface area (TPSA) is 60.0 Å². The van der Waals surface area contributed by atoms with Crippen LogP contribution in [-0.2, 0) is 25.8 Å². The van der Waals surface area contributed by atoms with Gasteiger partial charge in [-0.3, -0.25) is 4.90 Å². The molecule has 1 unspecified atom stereocenters. The smallest absolute Gasteiger partial charge is 0.416 e. The van der Waals surface area contributed by atoms with Crippen LogP contribution in [0.25, 0.3) is 0 Å². The largest absolute Gasteiger partial charge is 0.468 e. The maximum atomic E-state index is 13.7. The van der Waals surface area contributed by atoms with Crippen molar-refractivity contribution in [3.8, 4) is 0 Å². The first-order chi connectivity index (χ1) is 18.4. The van der Waals surface area contributed by atoms with Gasteiger partial charge in [0.05, 0.1) is 31.0 Å². The highest BCUT2D eigenvalue weighted by molar-refractivity contribution is 5.32. The molecule has 38 heavy (non-hydrogen) atoms. The molecule has 2 aromatic heterocycles. The molecule has 1 atom stereocenters. The third-order valence-electron chi connectivity index (χ3n) is 6.11. The van der Waals surface area contributed by atoms with E-state index in [1.165, 1.54) is 22.9 Å². The van der Waals surface area contributed by atoms with Crippen molar-refractivity contribution in [3.05, 3.63) is 137 Å². The van der Waals surface area contributed by atoms with Gasteiger partial charge in [-0.05, 0) is 63.5 Å². The van der Waals surface area contributed by atoms with Crippen molar-refractivity contribution in [3.63, 3.8) is 0 Å². The molecule has 0 aliphatic rings. The van der Waals surface area contributed by atoms with Gasteiger partial charge in [0.1, 0.15) is 11.6 Å². The lowest BCUT2D eigenvalue weighted by Crippen LogP contribution is -2.31. The van der Waals surface area contributed by atoms with Gasteiger partial charge in [-0.2, -0.15) is 13.2 Å². The van der Waals surface area contributed by atoms with E-state index in [1.807, 2.05) is 41.3 Å². The van der Waals surface area contributed by atoms with Crippen LogP contribution in [0.15, 0.2) is 102 Å². The lowest BCUT2D eigenvalue weighted by Gasteiger charge is -2.31. The van der Waals surface area contributed by atoms with E-state index in [4.69, 9.17) is 4.42 Å². The number of benzene rings is 3. The molecule has 0 fully saturated rings. The summed E-state index contributed by atoms with van der Waals surface area (Å²) in [5, 5.41) is 12.2. The lowest BCUT2D eigenvalue weighted by atomic mass is 10.00. The molecular formula is C28H23F4N5O. The normalized spacial score (nSPS) is 12.7. The average Bonchev–Trinajstić information content (AvgIpc) is 3.58. The van der Waals surface area contributed by atoms with Gasteiger partial charge >= 0.3 is 6.18 Å². The second-order valence-corrected chi connectivity index (χ2v) is 8.82. The maximum Gasteiger partial charge on any atom is 0.416 e. The Labute approximate surface area is 216 Å². The number of aromatic nitrogens is 4. The molecule has 2 heterocycles. The first-order valence-corrected chi connectivity index (χ1v) is 11.8. The van der Waals surface area contributed by atoms with E-state index in [0.29, 0.717) is 23.7 Å². The first kappa shape index (κ1) is 25.3. The van der Waals surface area contributed by atoms with E-state index in [0.717, 1.165) is 23.3 Å². The Bertz CT molecular complexity index is 1450. The number of hydrogen-bond donors (Lipinski definition) is 0. The summed E-state index contributed by atoms with van der Waals surface area (Å²) in [6.45, 7) is 0.871. The zero-order chi connectivity index (χ0) is 26.5. The summed E-state index contributed by atoms with van der Waals surface area (Å²) in [7, 11) is 0. The van der Waals surface area contributed by atoms with E-state index in [2.05, 4.69) is 15.5 Å². The minimum absolute atomic E-state index is 0.206. The fourth-order valence-corrected chi connectivity index (χ4v) is 4.35. The van der Waals surface area contributed by atoms with Crippen molar-refractivity contribution in [2.45, 2.75) is 31.9 Å². The van der Waals surface area contributed by atoms with Gasteiger partial charge in [0.25, 0.3) is 0 Å². The highest BCUT2D eigenvalue weighted by Gasteiger charge is 2.34. The van der Waals surface area contributed by atoms with Crippen LogP contribution in [0.2, 0.25) is 0 Å². The SMILES string of the molecule is Fc1ccc(Cn2nnnc2C(c2cccc(C(F)(F)F)c2)N(Cc2ccccc2)Cc2ccco2)cc1. The predicted molar refractivity (Wildman–Crippen MR) is 131 cm³/mol. The molecule has 0 bridgehead atoms. The number of tetrazole rings is 1. The van der Waals surface area contributed by atoms with Crippen molar-refractivity contribution >= 4 is 0 Å². The summed E-state index contributed by atoms with van der Waals surface area (Å²) in [4.78, 5) is 1.97. The summed E-state index contributed by atoms with van der Waals surface area (Å²) < 4.78 is 61.8. The standard InChI is InChI=1S/C28H23F4N5O/c29-24-13-11-21(12-14-24)18-37-27(33-34-35-37)26(22-8-4-9-23(16-22)28(30,31)32)36(19-25-10-5-15-38-25)17-20-6-2-1-3-7-20/h1-16,26H,17-19H2. The van der Waals surface area contributed by atoms with Crippen molar-refractivity contribution in [1.82, 2.24) is 25.1 Å². The third-order valence-corrected chi connectivity index (χ3v) is 6.11. The number of hydrogen-bond acceptors (Lipinski definition) is 5. The maximum absolute atomic E-state index is 13.7. The van der Waals surface area contributed by atoms with Crippen LogP contribution in [0.5, 0.6) is 0 Å². The second-order valence-electron chi connectivity index (χ2n) is 8.82. The number of rotatable bonds is 9. The monoisotopic (exact) mass is 521 g/mol. The van der Waals surface area contributed by atoms with Gasteiger partial charge in [0.15, 0.2) is 5.82 Å². The molecular weight excluding hydrogens is 498 g/mol. The zero-order valence-corrected chi connectivity index (χ0v) is 20.1. The molecule has 0 radical (unpaired) electrons. The summed E-state index contributed by atoms with van der Waals surface area (Å²) in [6, 6.07) is 23.5. The molecule has 0 aliphatic carbocycles. The molecule has 194 valence electrons. The Morgan fingerprint density at radius 3 is 2.34 bits per heavy atom. The summed E-state index contributed by atoms with van der Waals surface area (Å²) in [6.07, 6.45) is -2.97. The molecule has 0 N–H and O–H groups in total. The number of furan rings is 1. The number of nitrogens with zero attached hydrogens (tertiary/aromatic N) is 5. The van der Waals surface area contributed by atoms with Crippen LogP contribution in [-0.4, -0.2) is 25.1 Å². The fourth-order valence-electron chi connectivity index (χ4n) is 4.35. The molecule has 3 aromatic carbocycles. The Balaban J connectivity index is 1.62. The van der Waals surface area contributed by atoms with Crippen molar-refractivity contribution < 1.29 is 22.0 Å². The van der Waals surface area contributed by atoms with Crippen LogP contribution in [0.4, 0.5) is 17.6 Å². The summed E-state index contributed by atoms with van der Waals surface area (Å²) in [5.41, 5.74) is 1.30. The Kier molecular flexibility index (Phi) is 7.32. The zero-order valence-electron chi connectivity index (χ0n) is 20.1. The van der Waals surface area contributed by atoms with E-state index in [9.17, 15) is 17.6 Å². The van der Waals surface area contributed by atoms with Gasteiger partial charge in [-0.1, -0.05) is 54.6 Å². The molecule has 0 aliphatic heterocycles. The molecule has 10 heteroatoms. The van der Waals surface area contributed by atoms with Gasteiger partial charge in [-0.25, -0.2) is 9.07 Å². The van der Waals surface area contributed by atoms with Crippen LogP contribution in [0.3, 0.4) is 0 Å². The van der Waals surface area contributed by atoms with Gasteiger partial charge in [0.2, 0.25) is 0 Å². The highest BCUT2D eigenvalue weighted by atomic mass is 19.4. The lowest BCUT2D eigenvalue weighted by molar-refractivity contribution is -0.137. The van der Waals surface area contributed by atoms with E-state index < -0.39 is 17.8 Å². The third kappa shape index (κ3) is 5.97. The van der Waals surface area contributed by atoms with Gasteiger partial charge in [-0.15, -0.1) is 5.10 Å². The minimum Gasteiger partial charge on any atom is -0.468 e. The molecule has 0 amide bonds. The van der Waals surface area contributed by atoms with Crippen LogP contribution < -0.4 is 0 Å². The van der Waals surface area contributed by atoms with Crippen molar-refractivity contribution in [2.75, 3.05) is 0 Å². The molecule has 5 rings (SSSR count). The molecule has 0 spiro atoms. The van der Waals surface area contributed by atoms with E-state index in [1.54, 1.807) is 30.5 Å². The average molecular weight is 522 g/mol. The predicted octanol–water partition coefficient (Wildman–Crippen LogP) is 6.26. The van der Waals surface area contributed by atoms with Crippen LogP contribution in [0.1, 0.15) is 39.9 Å². The van der Waals surface area contributed by atoms with Gasteiger partial charge in [0, 0.05) is 6.54 Å². The van der Waals surface area contributed by atoms with Gasteiger partial charge < -0.3 is 4.42 Å². The second kappa shape index (κ2) is 11.0. The Hall–Kier alpha value is -4.31. The highest BCUT2D eigenvalue weighted by Crippen LogP contribution is 2.35. The van der Waals surface area contributed by atoms with E-state index in [-0.39, 0.29) is 18.9 Å². The summed E-state index contributed by atoms with van der Waals surface area (Å²) in [5.74, 6) is 0.603. The van der Waals surface area contributed by atoms with Crippen LogP contribution >= 0.6 is 0 Å². The Morgan fingerprint density at radius 2 is 1.63 bits per heavy atom. The van der Waals surface area contributed by atoms with Crippen LogP contribution in [0, 0.1) is 5.82 Å². The van der Waals surface area contributed by atoms with E-state index >= 15 is 0 Å².